The molecule has 2 atom stereocenters. The molecule has 9 heteroatoms. The first-order valence-electron chi connectivity index (χ1n) is 7.30. The fourth-order valence-electron chi connectivity index (χ4n) is 2.64. The van der Waals surface area contributed by atoms with Crippen LogP contribution in [0.3, 0.4) is 0 Å². The third-order valence-electron chi connectivity index (χ3n) is 4.04. The number of hydrogen-bond donors (Lipinski definition) is 1. The molecular weight excluding hydrogens is 342 g/mol. The second kappa shape index (κ2) is 7.65. The van der Waals surface area contributed by atoms with Crippen LogP contribution in [0.25, 0.3) is 0 Å². The summed E-state index contributed by atoms with van der Waals surface area (Å²) in [5.41, 5.74) is 5.76. The SMILES string of the molecule is CC1CCN(C(=O)c2ccc(S(=O)(=O)N(C)C)o2)C(CN)C1.Cl. The first-order chi connectivity index (χ1) is 10.3. The summed E-state index contributed by atoms with van der Waals surface area (Å²) in [7, 11) is -0.852. The zero-order chi connectivity index (χ0) is 16.5. The quantitative estimate of drug-likeness (QED) is 0.863. The topological polar surface area (TPSA) is 96.9 Å². The number of piperidine rings is 1. The lowest BCUT2D eigenvalue weighted by atomic mass is 9.92. The van der Waals surface area contributed by atoms with Gasteiger partial charge in [0.2, 0.25) is 5.09 Å². The van der Waals surface area contributed by atoms with Gasteiger partial charge < -0.3 is 15.1 Å². The van der Waals surface area contributed by atoms with Gasteiger partial charge in [-0.2, -0.15) is 0 Å². The highest BCUT2D eigenvalue weighted by Crippen LogP contribution is 2.25. The fourth-order valence-corrected chi connectivity index (χ4v) is 3.43. The molecule has 0 spiro atoms. The van der Waals surface area contributed by atoms with E-state index in [9.17, 15) is 13.2 Å². The van der Waals surface area contributed by atoms with Gasteiger partial charge in [-0.25, -0.2) is 12.7 Å². The molecule has 1 saturated heterocycles. The number of amides is 1. The lowest BCUT2D eigenvalue weighted by molar-refractivity contribution is 0.0536. The summed E-state index contributed by atoms with van der Waals surface area (Å²) in [6.07, 6.45) is 1.76. The Hall–Kier alpha value is -1.09. The van der Waals surface area contributed by atoms with Crippen LogP contribution in [0, 0.1) is 5.92 Å². The Bertz CT molecular complexity index is 644. The Kier molecular flexibility index (Phi) is 6.64. The molecule has 2 heterocycles. The number of furan rings is 1. The molecule has 2 rings (SSSR count). The highest BCUT2D eigenvalue weighted by atomic mass is 35.5. The minimum absolute atomic E-state index is 0. The first-order valence-corrected chi connectivity index (χ1v) is 8.74. The largest absolute Gasteiger partial charge is 0.438 e. The molecule has 1 aromatic rings. The predicted molar refractivity (Wildman–Crippen MR) is 89.1 cm³/mol. The van der Waals surface area contributed by atoms with E-state index in [4.69, 9.17) is 10.2 Å². The maximum atomic E-state index is 12.6. The lowest BCUT2D eigenvalue weighted by Crippen LogP contribution is -2.49. The maximum Gasteiger partial charge on any atom is 0.289 e. The second-order valence-electron chi connectivity index (χ2n) is 5.92. The number of carbonyl (C=O) groups is 1. The standard InChI is InChI=1S/C14H23N3O4S.ClH/c1-10-6-7-17(11(8-10)9-15)14(18)12-4-5-13(21-12)22(19,20)16(2)3;/h4-5,10-11H,6-9,15H2,1-3H3;1H. The summed E-state index contributed by atoms with van der Waals surface area (Å²) in [6, 6.07) is 2.69. The summed E-state index contributed by atoms with van der Waals surface area (Å²) >= 11 is 0. The van der Waals surface area contributed by atoms with Crippen LogP contribution in [-0.2, 0) is 10.0 Å². The fraction of sp³-hybridized carbons (Fsp3) is 0.643. The zero-order valence-electron chi connectivity index (χ0n) is 13.6. The van der Waals surface area contributed by atoms with Crippen LogP contribution in [0.5, 0.6) is 0 Å². The Morgan fingerprint density at radius 2 is 2.09 bits per heavy atom. The molecule has 132 valence electrons. The van der Waals surface area contributed by atoms with Crippen LogP contribution in [0.4, 0.5) is 0 Å². The van der Waals surface area contributed by atoms with Gasteiger partial charge in [0, 0.05) is 33.2 Å². The Balaban J connectivity index is 0.00000264. The van der Waals surface area contributed by atoms with E-state index < -0.39 is 10.0 Å². The number of sulfonamides is 1. The molecular formula is C14H24ClN3O4S. The summed E-state index contributed by atoms with van der Waals surface area (Å²) in [4.78, 5) is 14.2. The molecule has 0 bridgehead atoms. The minimum Gasteiger partial charge on any atom is -0.438 e. The number of likely N-dealkylation sites (tertiary alicyclic amines) is 1. The van der Waals surface area contributed by atoms with Gasteiger partial charge in [-0.1, -0.05) is 6.92 Å². The summed E-state index contributed by atoms with van der Waals surface area (Å²) in [5.74, 6) is 0.259. The van der Waals surface area contributed by atoms with E-state index in [1.54, 1.807) is 4.90 Å². The van der Waals surface area contributed by atoms with Crippen molar-refractivity contribution in [1.29, 1.82) is 0 Å². The monoisotopic (exact) mass is 365 g/mol. The van der Waals surface area contributed by atoms with Crippen molar-refractivity contribution in [3.63, 3.8) is 0 Å². The van der Waals surface area contributed by atoms with Gasteiger partial charge in [-0.05, 0) is 30.9 Å². The van der Waals surface area contributed by atoms with Crippen molar-refractivity contribution in [3.05, 3.63) is 17.9 Å². The van der Waals surface area contributed by atoms with Crippen LogP contribution in [0.1, 0.15) is 30.3 Å². The van der Waals surface area contributed by atoms with Gasteiger partial charge in [0.1, 0.15) is 0 Å². The molecule has 7 nitrogen and oxygen atoms in total. The van der Waals surface area contributed by atoms with Gasteiger partial charge in [0.25, 0.3) is 15.9 Å². The molecule has 1 fully saturated rings. The number of nitrogens with two attached hydrogens (primary N) is 1. The molecule has 0 aromatic carbocycles. The van der Waals surface area contributed by atoms with E-state index in [1.165, 1.54) is 26.2 Å². The normalized spacial score (nSPS) is 22.0. The van der Waals surface area contributed by atoms with E-state index in [-0.39, 0.29) is 35.2 Å². The molecule has 1 aliphatic heterocycles. The van der Waals surface area contributed by atoms with E-state index in [1.807, 2.05) is 0 Å². The Morgan fingerprint density at radius 1 is 1.43 bits per heavy atom. The molecule has 2 unspecified atom stereocenters. The molecule has 0 aliphatic carbocycles. The zero-order valence-corrected chi connectivity index (χ0v) is 15.2. The van der Waals surface area contributed by atoms with Crippen molar-refractivity contribution in [2.45, 2.75) is 30.9 Å². The van der Waals surface area contributed by atoms with Crippen LogP contribution in [-0.4, -0.2) is 56.8 Å². The highest BCUT2D eigenvalue weighted by Gasteiger charge is 2.32. The molecule has 0 radical (unpaired) electrons. The van der Waals surface area contributed by atoms with Crippen molar-refractivity contribution in [1.82, 2.24) is 9.21 Å². The van der Waals surface area contributed by atoms with Crippen LogP contribution in [0.2, 0.25) is 0 Å². The van der Waals surface area contributed by atoms with E-state index >= 15 is 0 Å². The average molecular weight is 366 g/mol. The second-order valence-corrected chi connectivity index (χ2v) is 8.01. The van der Waals surface area contributed by atoms with Crippen molar-refractivity contribution in [3.8, 4) is 0 Å². The molecule has 1 aromatic heterocycles. The predicted octanol–water partition coefficient (Wildman–Crippen LogP) is 1.15. The van der Waals surface area contributed by atoms with Gasteiger partial charge in [0.05, 0.1) is 0 Å². The Labute approximate surface area is 143 Å². The van der Waals surface area contributed by atoms with Crippen molar-refractivity contribution in [2.75, 3.05) is 27.2 Å². The average Bonchev–Trinajstić information content (AvgIpc) is 2.96. The number of rotatable bonds is 4. The summed E-state index contributed by atoms with van der Waals surface area (Å²) in [5, 5.41) is -0.226. The first kappa shape index (κ1) is 20.0. The summed E-state index contributed by atoms with van der Waals surface area (Å²) < 4.78 is 30.3. The van der Waals surface area contributed by atoms with Crippen LogP contribution < -0.4 is 5.73 Å². The van der Waals surface area contributed by atoms with E-state index in [0.717, 1.165) is 17.1 Å². The molecule has 0 saturated carbocycles. The van der Waals surface area contributed by atoms with Crippen molar-refractivity contribution < 1.29 is 17.6 Å². The van der Waals surface area contributed by atoms with Gasteiger partial charge in [-0.15, -0.1) is 12.4 Å². The number of carbonyl (C=O) groups excluding carboxylic acids is 1. The molecule has 1 aliphatic rings. The Morgan fingerprint density at radius 3 is 2.65 bits per heavy atom. The third kappa shape index (κ3) is 4.06. The van der Waals surface area contributed by atoms with Gasteiger partial charge in [0.15, 0.2) is 5.76 Å². The van der Waals surface area contributed by atoms with Crippen molar-refractivity contribution >= 4 is 28.3 Å². The molecule has 23 heavy (non-hydrogen) atoms. The minimum atomic E-state index is -3.68. The van der Waals surface area contributed by atoms with Gasteiger partial charge in [-0.3, -0.25) is 4.79 Å². The van der Waals surface area contributed by atoms with E-state index in [2.05, 4.69) is 6.92 Å². The van der Waals surface area contributed by atoms with Gasteiger partial charge >= 0.3 is 0 Å². The van der Waals surface area contributed by atoms with E-state index in [0.29, 0.717) is 19.0 Å². The smallest absolute Gasteiger partial charge is 0.289 e. The maximum absolute atomic E-state index is 12.6. The van der Waals surface area contributed by atoms with Crippen LogP contribution >= 0.6 is 12.4 Å². The summed E-state index contributed by atoms with van der Waals surface area (Å²) in [6.45, 7) is 3.14. The third-order valence-corrected chi connectivity index (χ3v) is 5.73. The molecule has 1 amide bonds. The number of halogens is 1. The van der Waals surface area contributed by atoms with Crippen LogP contribution in [0.15, 0.2) is 21.6 Å². The number of nitrogens with zero attached hydrogens (tertiary/aromatic N) is 2. The molecule has 2 N–H and O–H groups in total. The highest BCUT2D eigenvalue weighted by molar-refractivity contribution is 7.88. The number of hydrogen-bond acceptors (Lipinski definition) is 5. The van der Waals surface area contributed by atoms with Crippen molar-refractivity contribution in [2.24, 2.45) is 11.7 Å². The lowest BCUT2D eigenvalue weighted by Gasteiger charge is -2.37.